The summed E-state index contributed by atoms with van der Waals surface area (Å²) in [5.41, 5.74) is 2.06. The lowest BCUT2D eigenvalue weighted by Gasteiger charge is -2.13. The molecule has 7 nitrogen and oxygen atoms in total. The summed E-state index contributed by atoms with van der Waals surface area (Å²) in [4.78, 5) is 19.2. The first-order chi connectivity index (χ1) is 11.7. The van der Waals surface area contributed by atoms with Gasteiger partial charge in [0.25, 0.3) is 0 Å². The van der Waals surface area contributed by atoms with Crippen LogP contribution >= 0.6 is 0 Å². The largest absolute Gasteiger partial charge is 0.475 e. The molecule has 0 spiro atoms. The first-order valence-electron chi connectivity index (χ1n) is 7.58. The molecule has 3 rings (SSSR count). The first-order valence-corrected chi connectivity index (χ1v) is 7.58. The van der Waals surface area contributed by atoms with Gasteiger partial charge in [0.05, 0.1) is 29.0 Å². The van der Waals surface area contributed by atoms with Crippen LogP contribution in [0.2, 0.25) is 0 Å². The standard InChI is InChI=1S/C17H19N3O4/c1-12(24-11-22-2)10-23-16-8-7-13(9-18-16)20-15-6-4-3-5-14(15)19-17(20)21/h3-9,12H,10-11H2,1-2H3,(H,19,21). The van der Waals surface area contributed by atoms with Crippen molar-refractivity contribution in [1.29, 1.82) is 0 Å². The van der Waals surface area contributed by atoms with Gasteiger partial charge in [0.1, 0.15) is 13.4 Å². The van der Waals surface area contributed by atoms with Gasteiger partial charge in [-0.3, -0.25) is 4.57 Å². The lowest BCUT2D eigenvalue weighted by Crippen LogP contribution is -2.19. The maximum absolute atomic E-state index is 12.2. The molecule has 0 aliphatic heterocycles. The van der Waals surface area contributed by atoms with E-state index in [0.717, 1.165) is 11.0 Å². The summed E-state index contributed by atoms with van der Waals surface area (Å²) >= 11 is 0. The summed E-state index contributed by atoms with van der Waals surface area (Å²) in [5.74, 6) is 0.472. The smallest absolute Gasteiger partial charge is 0.331 e. The molecule has 0 fully saturated rings. The first kappa shape index (κ1) is 16.2. The highest BCUT2D eigenvalue weighted by Gasteiger charge is 2.09. The van der Waals surface area contributed by atoms with Crippen LogP contribution in [-0.4, -0.2) is 41.1 Å². The van der Waals surface area contributed by atoms with E-state index in [0.29, 0.717) is 18.2 Å². The van der Waals surface area contributed by atoms with Crippen LogP contribution in [-0.2, 0) is 9.47 Å². The zero-order chi connectivity index (χ0) is 16.9. The van der Waals surface area contributed by atoms with Crippen LogP contribution in [0.3, 0.4) is 0 Å². The van der Waals surface area contributed by atoms with Gasteiger partial charge in [0.15, 0.2) is 0 Å². The molecule has 0 aliphatic rings. The molecule has 0 bridgehead atoms. The van der Waals surface area contributed by atoms with Gasteiger partial charge in [0, 0.05) is 13.2 Å². The number of nitrogens with zero attached hydrogens (tertiary/aromatic N) is 2. The number of methoxy groups -OCH3 is 1. The van der Waals surface area contributed by atoms with E-state index in [1.165, 1.54) is 0 Å². The molecule has 0 amide bonds. The Balaban J connectivity index is 1.75. The summed E-state index contributed by atoms with van der Waals surface area (Å²) in [7, 11) is 1.57. The average Bonchev–Trinajstić information content (AvgIpc) is 2.94. The van der Waals surface area contributed by atoms with Crippen molar-refractivity contribution >= 4 is 11.0 Å². The maximum Gasteiger partial charge on any atom is 0.331 e. The SMILES string of the molecule is COCOC(C)COc1ccc(-n2c(=O)[nH]c3ccccc32)cn1. The lowest BCUT2D eigenvalue weighted by atomic mass is 10.3. The predicted octanol–water partition coefficient (Wildman–Crippen LogP) is 2.10. The van der Waals surface area contributed by atoms with E-state index in [-0.39, 0.29) is 18.6 Å². The Morgan fingerprint density at radius 2 is 2.08 bits per heavy atom. The summed E-state index contributed by atoms with van der Waals surface area (Å²) < 4.78 is 17.3. The van der Waals surface area contributed by atoms with Crippen LogP contribution in [0, 0.1) is 0 Å². The second kappa shape index (κ2) is 7.29. The number of rotatable bonds is 7. The Morgan fingerprint density at radius 3 is 2.83 bits per heavy atom. The van der Waals surface area contributed by atoms with Crippen molar-refractivity contribution in [3.05, 3.63) is 53.1 Å². The summed E-state index contributed by atoms with van der Waals surface area (Å²) in [5, 5.41) is 0. The number of nitrogens with one attached hydrogen (secondary N) is 1. The highest BCUT2D eigenvalue weighted by Crippen LogP contribution is 2.16. The predicted molar refractivity (Wildman–Crippen MR) is 89.6 cm³/mol. The lowest BCUT2D eigenvalue weighted by molar-refractivity contribution is -0.0771. The second-order valence-electron chi connectivity index (χ2n) is 5.33. The summed E-state index contributed by atoms with van der Waals surface area (Å²) in [6, 6.07) is 11.0. The normalized spacial score (nSPS) is 12.4. The maximum atomic E-state index is 12.2. The molecule has 3 aromatic rings. The number of H-pyrrole nitrogens is 1. The summed E-state index contributed by atoms with van der Waals surface area (Å²) in [6.45, 7) is 2.47. The molecule has 0 saturated heterocycles. The molecule has 126 valence electrons. The third-order valence-corrected chi connectivity index (χ3v) is 3.50. The van der Waals surface area contributed by atoms with Crippen LogP contribution in [0.5, 0.6) is 5.88 Å². The van der Waals surface area contributed by atoms with E-state index in [9.17, 15) is 4.79 Å². The minimum absolute atomic E-state index is 0.109. The van der Waals surface area contributed by atoms with Crippen molar-refractivity contribution in [3.8, 4) is 11.6 Å². The van der Waals surface area contributed by atoms with Gasteiger partial charge in [-0.15, -0.1) is 0 Å². The number of aromatic nitrogens is 3. The molecule has 0 aliphatic carbocycles. The van der Waals surface area contributed by atoms with E-state index >= 15 is 0 Å². The van der Waals surface area contributed by atoms with E-state index < -0.39 is 0 Å². The minimum Gasteiger partial charge on any atom is -0.475 e. The zero-order valence-corrected chi connectivity index (χ0v) is 13.6. The number of pyridine rings is 1. The molecule has 1 atom stereocenters. The van der Waals surface area contributed by atoms with Gasteiger partial charge in [-0.25, -0.2) is 9.78 Å². The molecule has 0 radical (unpaired) electrons. The van der Waals surface area contributed by atoms with Crippen molar-refractivity contribution < 1.29 is 14.2 Å². The Labute approximate surface area is 138 Å². The van der Waals surface area contributed by atoms with Crippen molar-refractivity contribution in [3.63, 3.8) is 0 Å². The quantitative estimate of drug-likeness (QED) is 0.672. The topological polar surface area (TPSA) is 78.4 Å². The molecule has 24 heavy (non-hydrogen) atoms. The molecule has 1 unspecified atom stereocenters. The van der Waals surface area contributed by atoms with Gasteiger partial charge in [-0.05, 0) is 25.1 Å². The van der Waals surface area contributed by atoms with Crippen molar-refractivity contribution in [2.24, 2.45) is 0 Å². The number of hydrogen-bond donors (Lipinski definition) is 1. The number of benzene rings is 1. The van der Waals surface area contributed by atoms with Crippen molar-refractivity contribution in [1.82, 2.24) is 14.5 Å². The number of aromatic amines is 1. The molecule has 2 aromatic heterocycles. The highest BCUT2D eigenvalue weighted by molar-refractivity contribution is 5.77. The Hall–Kier alpha value is -2.64. The van der Waals surface area contributed by atoms with E-state index in [1.807, 2.05) is 31.2 Å². The van der Waals surface area contributed by atoms with Gasteiger partial charge in [0.2, 0.25) is 5.88 Å². The number of fused-ring (bicyclic) bond motifs is 1. The molecule has 2 heterocycles. The monoisotopic (exact) mass is 329 g/mol. The Morgan fingerprint density at radius 1 is 1.25 bits per heavy atom. The highest BCUT2D eigenvalue weighted by atomic mass is 16.7. The van der Waals surface area contributed by atoms with Crippen molar-refractivity contribution in [2.45, 2.75) is 13.0 Å². The zero-order valence-electron chi connectivity index (χ0n) is 13.6. The van der Waals surface area contributed by atoms with E-state index in [4.69, 9.17) is 14.2 Å². The van der Waals surface area contributed by atoms with Gasteiger partial charge < -0.3 is 19.2 Å². The fraction of sp³-hybridized carbons (Fsp3) is 0.294. The molecular weight excluding hydrogens is 310 g/mol. The fourth-order valence-electron chi connectivity index (χ4n) is 2.34. The number of hydrogen-bond acceptors (Lipinski definition) is 5. The van der Waals surface area contributed by atoms with Crippen LogP contribution in [0.1, 0.15) is 6.92 Å². The molecule has 1 N–H and O–H groups in total. The third-order valence-electron chi connectivity index (χ3n) is 3.50. The van der Waals surface area contributed by atoms with Crippen molar-refractivity contribution in [2.75, 3.05) is 20.5 Å². The number of imidazole rings is 1. The molecule has 1 aromatic carbocycles. The number of ether oxygens (including phenoxy) is 3. The van der Waals surface area contributed by atoms with Gasteiger partial charge in [-0.2, -0.15) is 0 Å². The minimum atomic E-state index is -0.201. The van der Waals surface area contributed by atoms with E-state index in [2.05, 4.69) is 9.97 Å². The van der Waals surface area contributed by atoms with Gasteiger partial charge in [-0.1, -0.05) is 12.1 Å². The average molecular weight is 329 g/mol. The molecule has 7 heteroatoms. The second-order valence-corrected chi connectivity index (χ2v) is 5.33. The fourth-order valence-corrected chi connectivity index (χ4v) is 2.34. The molecular formula is C17H19N3O4. The Kier molecular flexibility index (Phi) is 4.93. The van der Waals surface area contributed by atoms with E-state index in [1.54, 1.807) is 30.0 Å². The third kappa shape index (κ3) is 3.47. The Bertz CT molecular complexity index is 854. The van der Waals surface area contributed by atoms with Crippen LogP contribution in [0.25, 0.3) is 16.7 Å². The summed E-state index contributed by atoms with van der Waals surface area (Å²) in [6.07, 6.45) is 1.50. The van der Waals surface area contributed by atoms with Crippen LogP contribution in [0.4, 0.5) is 0 Å². The van der Waals surface area contributed by atoms with Crippen LogP contribution in [0.15, 0.2) is 47.4 Å². The van der Waals surface area contributed by atoms with Gasteiger partial charge >= 0.3 is 5.69 Å². The number of para-hydroxylation sites is 2. The van der Waals surface area contributed by atoms with Crippen LogP contribution < -0.4 is 10.4 Å². The molecule has 0 saturated carbocycles.